The Hall–Kier alpha value is -2.42. The van der Waals surface area contributed by atoms with Gasteiger partial charge in [0.1, 0.15) is 0 Å². The SMILES string of the molecule is CC(C(=O)Nc1ccc(S(=O)(=O)N2CCCC2)cc1)N(C)Cc1ccc(N(C)C)cc1. The molecule has 1 aliphatic rings. The minimum atomic E-state index is -3.45. The number of nitrogens with zero attached hydrogens (tertiary/aromatic N) is 3. The molecule has 3 rings (SSSR count). The topological polar surface area (TPSA) is 73.0 Å². The van der Waals surface area contributed by atoms with E-state index in [2.05, 4.69) is 29.6 Å². The molecule has 0 radical (unpaired) electrons. The van der Waals surface area contributed by atoms with Gasteiger partial charge in [-0.3, -0.25) is 9.69 Å². The van der Waals surface area contributed by atoms with Crippen LogP contribution in [0.5, 0.6) is 0 Å². The first-order valence-corrected chi connectivity index (χ1v) is 12.0. The zero-order valence-corrected chi connectivity index (χ0v) is 19.5. The highest BCUT2D eigenvalue weighted by Gasteiger charge is 2.27. The van der Waals surface area contributed by atoms with Crippen LogP contribution in [0.3, 0.4) is 0 Å². The maximum Gasteiger partial charge on any atom is 0.243 e. The molecule has 1 heterocycles. The van der Waals surface area contributed by atoms with Crippen molar-refractivity contribution in [2.45, 2.75) is 37.2 Å². The average molecular weight is 445 g/mol. The van der Waals surface area contributed by atoms with E-state index in [0.717, 1.165) is 24.1 Å². The van der Waals surface area contributed by atoms with Gasteiger partial charge in [0.2, 0.25) is 15.9 Å². The highest BCUT2D eigenvalue weighted by molar-refractivity contribution is 7.89. The van der Waals surface area contributed by atoms with Crippen LogP contribution < -0.4 is 10.2 Å². The molecule has 0 saturated carbocycles. The van der Waals surface area contributed by atoms with Crippen molar-refractivity contribution in [1.82, 2.24) is 9.21 Å². The van der Waals surface area contributed by atoms with Crippen molar-refractivity contribution in [1.29, 1.82) is 0 Å². The largest absolute Gasteiger partial charge is 0.378 e. The van der Waals surface area contributed by atoms with E-state index in [1.54, 1.807) is 24.3 Å². The minimum Gasteiger partial charge on any atom is -0.378 e. The van der Waals surface area contributed by atoms with Gasteiger partial charge in [-0.25, -0.2) is 8.42 Å². The zero-order valence-electron chi connectivity index (χ0n) is 18.7. The summed E-state index contributed by atoms with van der Waals surface area (Å²) in [7, 11) is 2.47. The lowest BCUT2D eigenvalue weighted by atomic mass is 10.1. The maximum absolute atomic E-state index is 12.7. The second-order valence-electron chi connectivity index (χ2n) is 8.28. The van der Waals surface area contributed by atoms with Crippen molar-refractivity contribution in [2.75, 3.05) is 44.4 Å². The second kappa shape index (κ2) is 9.80. The lowest BCUT2D eigenvalue weighted by molar-refractivity contribution is -0.120. The van der Waals surface area contributed by atoms with Crippen molar-refractivity contribution < 1.29 is 13.2 Å². The van der Waals surface area contributed by atoms with E-state index in [1.165, 1.54) is 4.31 Å². The number of hydrogen-bond donors (Lipinski definition) is 1. The molecule has 0 spiro atoms. The standard InChI is InChI=1S/C23H32N4O3S/c1-18(26(4)17-19-7-11-21(12-8-19)25(2)3)23(28)24-20-9-13-22(14-10-20)31(29,30)27-15-5-6-16-27/h7-14,18H,5-6,15-17H2,1-4H3,(H,24,28). The Labute approximate surface area is 185 Å². The molecule has 1 atom stereocenters. The van der Waals surface area contributed by atoms with Crippen LogP contribution in [-0.4, -0.2) is 63.8 Å². The lowest BCUT2D eigenvalue weighted by Crippen LogP contribution is -2.39. The number of carbonyl (C=O) groups is 1. The molecular weight excluding hydrogens is 412 g/mol. The predicted molar refractivity (Wildman–Crippen MR) is 125 cm³/mol. The first-order chi connectivity index (χ1) is 14.7. The Morgan fingerprint density at radius 3 is 2.13 bits per heavy atom. The summed E-state index contributed by atoms with van der Waals surface area (Å²) in [5.74, 6) is -0.137. The van der Waals surface area contributed by atoms with E-state index in [1.807, 2.05) is 37.9 Å². The van der Waals surface area contributed by atoms with Crippen LogP contribution in [0.1, 0.15) is 25.3 Å². The molecule has 2 aromatic carbocycles. The molecule has 7 nitrogen and oxygen atoms in total. The molecule has 1 amide bonds. The molecule has 0 aromatic heterocycles. The predicted octanol–water partition coefficient (Wildman–Crippen LogP) is 3.00. The molecule has 0 aliphatic carbocycles. The molecule has 31 heavy (non-hydrogen) atoms. The maximum atomic E-state index is 12.7. The van der Waals surface area contributed by atoms with Crippen LogP contribution in [0.4, 0.5) is 11.4 Å². The summed E-state index contributed by atoms with van der Waals surface area (Å²) in [4.78, 5) is 17.0. The zero-order chi connectivity index (χ0) is 22.6. The third-order valence-electron chi connectivity index (χ3n) is 5.75. The van der Waals surface area contributed by atoms with Crippen LogP contribution in [0.2, 0.25) is 0 Å². The van der Waals surface area contributed by atoms with Crippen LogP contribution in [0.15, 0.2) is 53.4 Å². The van der Waals surface area contributed by atoms with Gasteiger partial charge < -0.3 is 10.2 Å². The van der Waals surface area contributed by atoms with Crippen LogP contribution in [0.25, 0.3) is 0 Å². The van der Waals surface area contributed by atoms with Crippen molar-refractivity contribution in [2.24, 2.45) is 0 Å². The number of hydrogen-bond acceptors (Lipinski definition) is 5. The van der Waals surface area contributed by atoms with Gasteiger partial charge in [-0.2, -0.15) is 4.31 Å². The molecule has 1 saturated heterocycles. The monoisotopic (exact) mass is 444 g/mol. The molecule has 1 unspecified atom stereocenters. The van der Waals surface area contributed by atoms with Gasteiger partial charge >= 0.3 is 0 Å². The van der Waals surface area contributed by atoms with Crippen molar-refractivity contribution >= 4 is 27.3 Å². The number of nitrogens with one attached hydrogen (secondary N) is 1. The Kier molecular flexibility index (Phi) is 7.35. The van der Waals surface area contributed by atoms with E-state index >= 15 is 0 Å². The average Bonchev–Trinajstić information content (AvgIpc) is 3.30. The summed E-state index contributed by atoms with van der Waals surface area (Å²) < 4.78 is 26.8. The Bertz CT molecular complexity index is 982. The fraction of sp³-hybridized carbons (Fsp3) is 0.435. The summed E-state index contributed by atoms with van der Waals surface area (Å²) in [6.07, 6.45) is 1.80. The lowest BCUT2D eigenvalue weighted by Gasteiger charge is -2.24. The quantitative estimate of drug-likeness (QED) is 0.678. The van der Waals surface area contributed by atoms with E-state index in [9.17, 15) is 13.2 Å². The van der Waals surface area contributed by atoms with Gasteiger partial charge in [0, 0.05) is 45.1 Å². The third kappa shape index (κ3) is 5.64. The molecule has 2 aromatic rings. The van der Waals surface area contributed by atoms with Gasteiger partial charge in [0.25, 0.3) is 0 Å². The Morgan fingerprint density at radius 1 is 1.00 bits per heavy atom. The first-order valence-electron chi connectivity index (χ1n) is 10.6. The third-order valence-corrected chi connectivity index (χ3v) is 7.66. The summed E-state index contributed by atoms with van der Waals surface area (Å²) >= 11 is 0. The number of amides is 1. The van der Waals surface area contributed by atoms with Gasteiger partial charge in [-0.1, -0.05) is 12.1 Å². The minimum absolute atomic E-state index is 0.137. The van der Waals surface area contributed by atoms with Gasteiger partial charge in [-0.05, 0) is 68.8 Å². The number of anilines is 2. The van der Waals surface area contributed by atoms with Crippen molar-refractivity contribution in [3.63, 3.8) is 0 Å². The van der Waals surface area contributed by atoms with Crippen LogP contribution >= 0.6 is 0 Å². The van der Waals surface area contributed by atoms with E-state index in [4.69, 9.17) is 0 Å². The van der Waals surface area contributed by atoms with Crippen molar-refractivity contribution in [3.05, 3.63) is 54.1 Å². The molecule has 1 N–H and O–H groups in total. The first kappa shape index (κ1) is 23.2. The van der Waals surface area contributed by atoms with Crippen LogP contribution in [-0.2, 0) is 21.4 Å². The van der Waals surface area contributed by atoms with Crippen molar-refractivity contribution in [3.8, 4) is 0 Å². The molecule has 168 valence electrons. The van der Waals surface area contributed by atoms with Gasteiger partial charge in [0.05, 0.1) is 10.9 Å². The molecule has 1 aliphatic heterocycles. The molecular formula is C23H32N4O3S. The van der Waals surface area contributed by atoms with Gasteiger partial charge in [0.15, 0.2) is 0 Å². The molecule has 1 fully saturated rings. The summed E-state index contributed by atoms with van der Waals surface area (Å²) in [5.41, 5.74) is 2.84. The van der Waals surface area contributed by atoms with Crippen LogP contribution in [0, 0.1) is 0 Å². The Balaban J connectivity index is 1.58. The van der Waals surface area contributed by atoms with E-state index in [0.29, 0.717) is 25.3 Å². The second-order valence-corrected chi connectivity index (χ2v) is 10.2. The Morgan fingerprint density at radius 2 is 1.58 bits per heavy atom. The normalized spacial score (nSPS) is 15.8. The number of sulfonamides is 1. The van der Waals surface area contributed by atoms with E-state index < -0.39 is 10.0 Å². The smallest absolute Gasteiger partial charge is 0.243 e. The molecule has 8 heteroatoms. The number of rotatable bonds is 8. The van der Waals surface area contributed by atoms with E-state index in [-0.39, 0.29) is 16.8 Å². The number of carbonyl (C=O) groups excluding carboxylic acids is 1. The molecule has 0 bridgehead atoms. The highest BCUT2D eigenvalue weighted by Crippen LogP contribution is 2.22. The fourth-order valence-electron chi connectivity index (χ4n) is 3.56. The number of benzene rings is 2. The van der Waals surface area contributed by atoms with Gasteiger partial charge in [-0.15, -0.1) is 0 Å². The number of likely N-dealkylation sites (N-methyl/N-ethyl adjacent to an activating group) is 1. The summed E-state index contributed by atoms with van der Waals surface area (Å²) in [6.45, 7) is 3.65. The highest BCUT2D eigenvalue weighted by atomic mass is 32.2. The summed E-state index contributed by atoms with van der Waals surface area (Å²) in [5, 5.41) is 2.88. The fourth-order valence-corrected chi connectivity index (χ4v) is 5.08. The summed E-state index contributed by atoms with van der Waals surface area (Å²) in [6, 6.07) is 14.3.